The van der Waals surface area contributed by atoms with Crippen LogP contribution < -0.4 is 10.6 Å². The first-order valence-corrected chi connectivity index (χ1v) is 7.88. The Kier molecular flexibility index (Phi) is 5.20. The second-order valence-electron chi connectivity index (χ2n) is 5.18. The first kappa shape index (κ1) is 16.9. The molecule has 2 N–H and O–H groups in total. The highest BCUT2D eigenvalue weighted by atomic mass is 35.5. The molecule has 0 radical (unpaired) electrons. The van der Waals surface area contributed by atoms with Crippen molar-refractivity contribution in [1.29, 1.82) is 0 Å². The van der Waals surface area contributed by atoms with Crippen LogP contribution >= 0.6 is 11.6 Å². The maximum Gasteiger partial charge on any atom is 0.276 e. The van der Waals surface area contributed by atoms with Crippen LogP contribution in [0.4, 0.5) is 15.9 Å². The van der Waals surface area contributed by atoms with Crippen molar-refractivity contribution < 1.29 is 9.18 Å². The highest BCUT2D eigenvalue weighted by Crippen LogP contribution is 2.21. The number of carbonyl (C=O) groups is 1. The van der Waals surface area contributed by atoms with Gasteiger partial charge in [-0.15, -0.1) is 10.2 Å². The first-order valence-electron chi connectivity index (χ1n) is 7.50. The lowest BCUT2D eigenvalue weighted by Gasteiger charge is -2.08. The molecule has 0 atom stereocenters. The number of halogens is 2. The minimum atomic E-state index is -0.416. The number of nitrogens with one attached hydrogen (secondary N) is 2. The predicted octanol–water partition coefficient (Wildman–Crippen LogP) is 4.13. The topological polar surface area (TPSA) is 66.9 Å². The Morgan fingerprint density at radius 3 is 2.48 bits per heavy atom. The van der Waals surface area contributed by atoms with Gasteiger partial charge in [-0.1, -0.05) is 41.9 Å². The van der Waals surface area contributed by atoms with Gasteiger partial charge in [-0.25, -0.2) is 4.39 Å². The lowest BCUT2D eigenvalue weighted by Crippen LogP contribution is -2.15. The quantitative estimate of drug-likeness (QED) is 0.721. The first-order chi connectivity index (χ1) is 12.1. The van der Waals surface area contributed by atoms with Crippen LogP contribution in [0.3, 0.4) is 0 Å². The van der Waals surface area contributed by atoms with Gasteiger partial charge in [0.2, 0.25) is 0 Å². The van der Waals surface area contributed by atoms with Crippen molar-refractivity contribution in [3.05, 3.63) is 82.8 Å². The molecule has 1 heterocycles. The summed E-state index contributed by atoms with van der Waals surface area (Å²) >= 11 is 6.00. The molecule has 0 unspecified atom stereocenters. The molecule has 0 saturated heterocycles. The summed E-state index contributed by atoms with van der Waals surface area (Å²) in [6.45, 7) is 0.270. The molecule has 5 nitrogen and oxygen atoms in total. The van der Waals surface area contributed by atoms with Crippen LogP contribution in [0.5, 0.6) is 0 Å². The zero-order valence-electron chi connectivity index (χ0n) is 13.0. The average Bonchev–Trinajstić information content (AvgIpc) is 2.63. The van der Waals surface area contributed by atoms with Crippen molar-refractivity contribution in [2.75, 3.05) is 10.6 Å². The zero-order chi connectivity index (χ0) is 17.6. The number of anilines is 2. The lowest BCUT2D eigenvalue weighted by atomic mass is 10.2. The SMILES string of the molecule is O=C(Nc1ccccc1Cl)c1ccc(NCc2ccccc2F)nn1. The molecule has 1 amide bonds. The van der Waals surface area contributed by atoms with Gasteiger partial charge in [0.1, 0.15) is 11.6 Å². The molecule has 0 saturated carbocycles. The Hall–Kier alpha value is -2.99. The van der Waals surface area contributed by atoms with Crippen LogP contribution in [-0.4, -0.2) is 16.1 Å². The van der Waals surface area contributed by atoms with Gasteiger partial charge in [-0.2, -0.15) is 0 Å². The number of hydrogen-bond acceptors (Lipinski definition) is 4. The van der Waals surface area contributed by atoms with Gasteiger partial charge in [0.25, 0.3) is 5.91 Å². The van der Waals surface area contributed by atoms with Gasteiger partial charge in [0.05, 0.1) is 10.7 Å². The number of nitrogens with zero attached hydrogens (tertiary/aromatic N) is 2. The lowest BCUT2D eigenvalue weighted by molar-refractivity contribution is 0.102. The fourth-order valence-electron chi connectivity index (χ4n) is 2.12. The van der Waals surface area contributed by atoms with E-state index in [-0.39, 0.29) is 18.1 Å². The molecular weight excluding hydrogens is 343 g/mol. The summed E-state index contributed by atoms with van der Waals surface area (Å²) in [6.07, 6.45) is 0. The third-order valence-corrected chi connectivity index (χ3v) is 3.77. The zero-order valence-corrected chi connectivity index (χ0v) is 13.8. The molecule has 0 fully saturated rings. The van der Waals surface area contributed by atoms with Crippen LogP contribution in [0, 0.1) is 5.82 Å². The number of para-hydroxylation sites is 1. The Morgan fingerprint density at radius 1 is 1.00 bits per heavy atom. The van der Waals surface area contributed by atoms with Crippen molar-refractivity contribution in [1.82, 2.24) is 10.2 Å². The summed E-state index contributed by atoms with van der Waals surface area (Å²) in [4.78, 5) is 12.2. The maximum absolute atomic E-state index is 13.6. The summed E-state index contributed by atoms with van der Waals surface area (Å²) in [5.74, 6) is -0.266. The summed E-state index contributed by atoms with van der Waals surface area (Å²) in [5.41, 5.74) is 1.17. The van der Waals surface area contributed by atoms with Crippen molar-refractivity contribution in [3.8, 4) is 0 Å². The Labute approximate surface area is 148 Å². The van der Waals surface area contributed by atoms with E-state index >= 15 is 0 Å². The van der Waals surface area contributed by atoms with Crippen LogP contribution in [-0.2, 0) is 6.54 Å². The Morgan fingerprint density at radius 2 is 1.76 bits per heavy atom. The number of aromatic nitrogens is 2. The average molecular weight is 357 g/mol. The fourth-order valence-corrected chi connectivity index (χ4v) is 2.31. The summed E-state index contributed by atoms with van der Waals surface area (Å²) < 4.78 is 13.6. The Balaban J connectivity index is 1.63. The van der Waals surface area contributed by atoms with Gasteiger partial charge in [0.15, 0.2) is 5.69 Å². The molecule has 2 aromatic carbocycles. The van der Waals surface area contributed by atoms with E-state index in [1.54, 1.807) is 48.5 Å². The van der Waals surface area contributed by atoms with Crippen LogP contribution in [0.25, 0.3) is 0 Å². The molecule has 0 spiro atoms. The molecule has 7 heteroatoms. The van der Waals surface area contributed by atoms with E-state index < -0.39 is 5.91 Å². The highest BCUT2D eigenvalue weighted by Gasteiger charge is 2.10. The van der Waals surface area contributed by atoms with Gasteiger partial charge >= 0.3 is 0 Å². The number of carbonyl (C=O) groups excluding carboxylic acids is 1. The van der Waals surface area contributed by atoms with Gasteiger partial charge < -0.3 is 10.6 Å². The normalized spacial score (nSPS) is 10.3. The Bertz CT molecular complexity index is 886. The van der Waals surface area contributed by atoms with E-state index in [9.17, 15) is 9.18 Å². The standard InChI is InChI=1S/C18H14ClFN4O/c19-13-6-2-4-8-15(13)22-18(25)16-9-10-17(24-23-16)21-11-12-5-1-3-7-14(12)20/h1-10H,11H2,(H,21,24)(H,22,25). The third-order valence-electron chi connectivity index (χ3n) is 3.44. The smallest absolute Gasteiger partial charge is 0.276 e. The summed E-state index contributed by atoms with van der Waals surface area (Å²) in [7, 11) is 0. The van der Waals surface area contributed by atoms with Gasteiger partial charge in [0, 0.05) is 12.1 Å². The minimum Gasteiger partial charge on any atom is -0.364 e. The van der Waals surface area contributed by atoms with Crippen molar-refractivity contribution in [2.45, 2.75) is 6.54 Å². The van der Waals surface area contributed by atoms with Crippen LogP contribution in [0.1, 0.15) is 16.1 Å². The van der Waals surface area contributed by atoms with Crippen molar-refractivity contribution in [3.63, 3.8) is 0 Å². The van der Waals surface area contributed by atoms with Crippen LogP contribution in [0.15, 0.2) is 60.7 Å². The van der Waals surface area contributed by atoms with Crippen molar-refractivity contribution in [2.24, 2.45) is 0 Å². The van der Waals surface area contributed by atoms with E-state index in [0.29, 0.717) is 22.1 Å². The molecule has 0 aliphatic rings. The molecular formula is C18H14ClFN4O. The predicted molar refractivity (Wildman–Crippen MR) is 95.2 cm³/mol. The molecule has 0 bridgehead atoms. The molecule has 3 rings (SSSR count). The van der Waals surface area contributed by atoms with Gasteiger partial charge in [-0.3, -0.25) is 4.79 Å². The summed E-state index contributed by atoms with van der Waals surface area (Å²) in [6, 6.07) is 16.5. The number of benzene rings is 2. The van der Waals surface area contributed by atoms with Crippen LogP contribution in [0.2, 0.25) is 5.02 Å². The second kappa shape index (κ2) is 7.72. The molecule has 1 aromatic heterocycles. The third kappa shape index (κ3) is 4.30. The monoisotopic (exact) mass is 356 g/mol. The van der Waals surface area contributed by atoms with Gasteiger partial charge in [-0.05, 0) is 30.3 Å². The highest BCUT2D eigenvalue weighted by molar-refractivity contribution is 6.33. The largest absolute Gasteiger partial charge is 0.364 e. The van der Waals surface area contributed by atoms with E-state index in [1.165, 1.54) is 12.1 Å². The molecule has 126 valence electrons. The molecule has 3 aromatic rings. The van der Waals surface area contributed by atoms with E-state index in [4.69, 9.17) is 11.6 Å². The molecule has 25 heavy (non-hydrogen) atoms. The summed E-state index contributed by atoms with van der Waals surface area (Å²) in [5, 5.41) is 13.9. The number of hydrogen-bond donors (Lipinski definition) is 2. The van der Waals surface area contributed by atoms with Crippen molar-refractivity contribution >= 4 is 29.0 Å². The molecule has 0 aliphatic carbocycles. The maximum atomic E-state index is 13.6. The number of rotatable bonds is 5. The van der Waals surface area contributed by atoms with E-state index in [1.807, 2.05) is 0 Å². The fraction of sp³-hybridized carbons (Fsp3) is 0.0556. The number of amides is 1. The second-order valence-corrected chi connectivity index (χ2v) is 5.59. The van der Waals surface area contributed by atoms with E-state index in [2.05, 4.69) is 20.8 Å². The molecule has 0 aliphatic heterocycles. The van der Waals surface area contributed by atoms with E-state index in [0.717, 1.165) is 0 Å². The minimum absolute atomic E-state index is 0.149.